The maximum Gasteiger partial charge on any atom is 0.257 e. The van der Waals surface area contributed by atoms with E-state index in [-0.39, 0.29) is 0 Å². The summed E-state index contributed by atoms with van der Waals surface area (Å²) < 4.78 is 0. The van der Waals surface area contributed by atoms with E-state index < -0.39 is 0 Å². The summed E-state index contributed by atoms with van der Waals surface area (Å²) in [5, 5.41) is 0. The fourth-order valence-electron chi connectivity index (χ4n) is 0.265. The zero-order chi connectivity index (χ0) is 6.24. The number of hydrogen-bond acceptors (Lipinski definition) is 0. The molecule has 0 aliphatic rings. The zero-order valence-corrected chi connectivity index (χ0v) is 4.36. The summed E-state index contributed by atoms with van der Waals surface area (Å²) in [6, 6.07) is 0. The van der Waals surface area contributed by atoms with Crippen molar-refractivity contribution in [2.24, 2.45) is 0 Å². The molecule has 0 aromatic heterocycles. The van der Waals surface area contributed by atoms with Gasteiger partial charge in [-0.25, -0.2) is 0 Å². The Balaban J connectivity index is 3.18. The molecule has 0 N–H and O–H groups in total. The second-order valence-corrected chi connectivity index (χ2v) is 1.17. The first kappa shape index (κ1) is 6.76. The van der Waals surface area contributed by atoms with E-state index in [1.165, 1.54) is 12.4 Å². The molecule has 0 rings (SSSR count). The largest absolute Gasteiger partial charge is 0.362 e. The third kappa shape index (κ3) is 4.76. The van der Waals surface area contributed by atoms with Crippen LogP contribution >= 0.6 is 0 Å². The van der Waals surface area contributed by atoms with E-state index in [0.717, 1.165) is 0 Å². The van der Waals surface area contributed by atoms with E-state index in [1.54, 1.807) is 0 Å². The fraction of sp³-hybridized carbons (Fsp3) is 0.500. The zero-order valence-electron chi connectivity index (χ0n) is 4.36. The van der Waals surface area contributed by atoms with Crippen LogP contribution in [0.1, 0.15) is 12.8 Å². The highest BCUT2D eigenvalue weighted by molar-refractivity contribution is 5.59. The molecule has 0 heterocycles. The molecule has 0 aliphatic heterocycles. The highest BCUT2D eigenvalue weighted by Crippen LogP contribution is 1.73. The SMILES string of the molecule is [N-]=[N+]=CCCC=[N+]=[N-]. The normalized spacial score (nSPS) is 6.50. The topological polar surface area (TPSA) is 72.8 Å². The summed E-state index contributed by atoms with van der Waals surface area (Å²) in [6.45, 7) is 0. The third-order valence-corrected chi connectivity index (χ3v) is 0.588. The van der Waals surface area contributed by atoms with Crippen molar-refractivity contribution in [3.63, 3.8) is 0 Å². The molecule has 0 aliphatic carbocycles. The first-order chi connectivity index (χ1) is 3.91. The molecule has 4 nitrogen and oxygen atoms in total. The molecule has 0 unspecified atom stereocenters. The minimum Gasteiger partial charge on any atom is -0.362 e. The van der Waals surface area contributed by atoms with Crippen LogP contribution in [0, 0.1) is 0 Å². The lowest BCUT2D eigenvalue weighted by atomic mass is 10.4. The highest BCUT2D eigenvalue weighted by Gasteiger charge is 1.83. The van der Waals surface area contributed by atoms with E-state index in [0.29, 0.717) is 12.8 Å². The van der Waals surface area contributed by atoms with E-state index in [1.807, 2.05) is 0 Å². The lowest BCUT2D eigenvalue weighted by Crippen LogP contribution is -1.78. The summed E-state index contributed by atoms with van der Waals surface area (Å²) in [7, 11) is 0. The Hall–Kier alpha value is -1.24. The predicted molar refractivity (Wildman–Crippen MR) is 28.6 cm³/mol. The molecule has 0 bridgehead atoms. The molecule has 8 heavy (non-hydrogen) atoms. The van der Waals surface area contributed by atoms with Gasteiger partial charge in [0.15, 0.2) is 0 Å². The van der Waals surface area contributed by atoms with Gasteiger partial charge in [-0.15, -0.1) is 0 Å². The minimum atomic E-state index is 0.598. The Labute approximate surface area is 47.0 Å². The number of rotatable bonds is 3. The molecule has 0 saturated heterocycles. The Morgan fingerprint density at radius 2 is 1.38 bits per heavy atom. The van der Waals surface area contributed by atoms with Crippen molar-refractivity contribution in [2.45, 2.75) is 12.8 Å². The van der Waals surface area contributed by atoms with Crippen molar-refractivity contribution in [2.75, 3.05) is 0 Å². The molecule has 0 radical (unpaired) electrons. The van der Waals surface area contributed by atoms with E-state index in [9.17, 15) is 0 Å². The van der Waals surface area contributed by atoms with E-state index in [4.69, 9.17) is 11.1 Å². The standard InChI is InChI=1S/C4H6N4/c5-7-3-1-2-4-8-6/h3-4H,1-2H2. The van der Waals surface area contributed by atoms with Crippen molar-refractivity contribution < 1.29 is 9.58 Å². The van der Waals surface area contributed by atoms with E-state index in [2.05, 4.69) is 9.58 Å². The van der Waals surface area contributed by atoms with Gasteiger partial charge in [-0.1, -0.05) is 0 Å². The molecule has 0 saturated carbocycles. The average molecular weight is 110 g/mol. The maximum absolute atomic E-state index is 7.83. The van der Waals surface area contributed by atoms with Crippen molar-refractivity contribution in [1.82, 2.24) is 0 Å². The van der Waals surface area contributed by atoms with Crippen LogP contribution in [0.5, 0.6) is 0 Å². The van der Waals surface area contributed by atoms with Crippen LogP contribution in [0.4, 0.5) is 0 Å². The smallest absolute Gasteiger partial charge is 0.257 e. The van der Waals surface area contributed by atoms with Crippen molar-refractivity contribution in [1.29, 1.82) is 0 Å². The lowest BCUT2D eigenvalue weighted by Gasteiger charge is -1.64. The van der Waals surface area contributed by atoms with E-state index >= 15 is 0 Å². The quantitative estimate of drug-likeness (QED) is 0.218. The second kappa shape index (κ2) is 5.76. The first-order valence-corrected chi connectivity index (χ1v) is 2.23. The summed E-state index contributed by atoms with van der Waals surface area (Å²) in [5.74, 6) is 0. The molecule has 0 aromatic rings. The number of hydrogen-bond donors (Lipinski definition) is 0. The summed E-state index contributed by atoms with van der Waals surface area (Å²) in [5.41, 5.74) is 15.7. The van der Waals surface area contributed by atoms with Gasteiger partial charge >= 0.3 is 0 Å². The Kier molecular flexibility index (Phi) is 4.87. The maximum atomic E-state index is 7.83. The third-order valence-electron chi connectivity index (χ3n) is 0.588. The van der Waals surface area contributed by atoms with Crippen LogP contribution in [0.15, 0.2) is 0 Å². The molecule has 0 aromatic carbocycles. The molecule has 0 spiro atoms. The molecule has 42 valence electrons. The Bertz CT molecular complexity index is 120. The lowest BCUT2D eigenvalue weighted by molar-refractivity contribution is -0.00361. The monoisotopic (exact) mass is 110 g/mol. The van der Waals surface area contributed by atoms with Gasteiger partial charge in [-0.05, 0) is 0 Å². The van der Waals surface area contributed by atoms with Gasteiger partial charge in [-0.2, -0.15) is 9.58 Å². The fourth-order valence-corrected chi connectivity index (χ4v) is 0.265. The molecule has 0 amide bonds. The van der Waals surface area contributed by atoms with Gasteiger partial charge in [0.25, 0.3) is 12.4 Å². The first-order valence-electron chi connectivity index (χ1n) is 2.23. The Morgan fingerprint density at radius 1 is 1.00 bits per heavy atom. The van der Waals surface area contributed by atoms with Crippen molar-refractivity contribution in [3.8, 4) is 0 Å². The van der Waals surface area contributed by atoms with Crippen molar-refractivity contribution in [3.05, 3.63) is 11.1 Å². The summed E-state index contributed by atoms with van der Waals surface area (Å²) in [6.07, 6.45) is 3.87. The van der Waals surface area contributed by atoms with Gasteiger partial charge in [0, 0.05) is 0 Å². The molecule has 4 heteroatoms. The van der Waals surface area contributed by atoms with Crippen LogP contribution in [0.2, 0.25) is 0 Å². The van der Waals surface area contributed by atoms with Crippen molar-refractivity contribution >= 4 is 12.4 Å². The highest BCUT2D eigenvalue weighted by atomic mass is 14.8. The second-order valence-electron chi connectivity index (χ2n) is 1.17. The summed E-state index contributed by atoms with van der Waals surface area (Å²) in [4.78, 5) is 5.48. The molecular formula is C4H6N4. The molecular weight excluding hydrogens is 104 g/mol. The van der Waals surface area contributed by atoms with Gasteiger partial charge in [0.05, 0.1) is 12.8 Å². The average Bonchev–Trinajstić information content (AvgIpc) is 1.81. The number of unbranched alkanes of at least 4 members (excludes halogenated alkanes) is 1. The number of nitrogens with zero attached hydrogens (tertiary/aromatic N) is 4. The van der Waals surface area contributed by atoms with Crippen LogP contribution in [0.3, 0.4) is 0 Å². The van der Waals surface area contributed by atoms with Crippen LogP contribution in [-0.4, -0.2) is 22.0 Å². The van der Waals surface area contributed by atoms with Gasteiger partial charge in [0.1, 0.15) is 0 Å². The molecule has 0 atom stereocenters. The van der Waals surface area contributed by atoms with Gasteiger partial charge in [0.2, 0.25) is 0 Å². The summed E-state index contributed by atoms with van der Waals surface area (Å²) >= 11 is 0. The predicted octanol–water partition coefficient (Wildman–Crippen LogP) is 0.368. The van der Waals surface area contributed by atoms with Crippen LogP contribution in [-0.2, 0) is 0 Å². The molecule has 0 fully saturated rings. The van der Waals surface area contributed by atoms with Gasteiger partial charge in [-0.3, -0.25) is 0 Å². The Morgan fingerprint density at radius 3 is 1.62 bits per heavy atom. The van der Waals surface area contributed by atoms with Crippen LogP contribution in [0.25, 0.3) is 11.1 Å². The van der Waals surface area contributed by atoms with Crippen LogP contribution < -0.4 is 0 Å². The van der Waals surface area contributed by atoms with Gasteiger partial charge < -0.3 is 11.1 Å². The minimum absolute atomic E-state index is 0.598.